The van der Waals surface area contributed by atoms with Gasteiger partial charge in [-0.3, -0.25) is 24.6 Å². The number of terminal acetylenes is 1. The second-order valence-electron chi connectivity index (χ2n) is 18.8. The molecule has 0 saturated carbocycles. The van der Waals surface area contributed by atoms with Crippen LogP contribution in [0.25, 0.3) is 0 Å². The molecule has 0 saturated heterocycles. The van der Waals surface area contributed by atoms with Gasteiger partial charge < -0.3 is 49.0 Å². The minimum absolute atomic E-state index is 0.0223. The molecule has 2 aliphatic heterocycles. The van der Waals surface area contributed by atoms with Crippen LogP contribution in [0.1, 0.15) is 72.3 Å². The smallest absolute Gasteiger partial charge is 0.317 e. The number of carbonyl (C=O) groups is 3. The number of carbonyl (C=O) groups excluding carboxylic acids is 2. The van der Waals surface area contributed by atoms with Crippen LogP contribution >= 0.6 is 42.3 Å². The molecule has 0 bridgehead atoms. The highest BCUT2D eigenvalue weighted by molar-refractivity contribution is 7.94. The lowest BCUT2D eigenvalue weighted by atomic mass is 9.92. The number of nitrogens with one attached hydrogen (secondary N) is 3. The van der Waals surface area contributed by atoms with Gasteiger partial charge in [-0.05, 0) is 93.1 Å². The summed E-state index contributed by atoms with van der Waals surface area (Å²) in [6.45, 7) is 19.9. The molecule has 6 rings (SSSR count). The third-order valence-electron chi connectivity index (χ3n) is 9.63. The fourth-order valence-electron chi connectivity index (χ4n) is 6.85. The van der Waals surface area contributed by atoms with Crippen LogP contribution in [0.5, 0.6) is 5.75 Å². The summed E-state index contributed by atoms with van der Waals surface area (Å²) in [6.07, 6.45) is 13.0. The molecule has 410 valence electrons. The predicted molar refractivity (Wildman–Crippen MR) is 294 cm³/mol. The van der Waals surface area contributed by atoms with Crippen molar-refractivity contribution in [3.05, 3.63) is 63.2 Å². The van der Waals surface area contributed by atoms with Gasteiger partial charge in [0.05, 0.1) is 62.2 Å². The average Bonchev–Trinajstić information content (AvgIpc) is 3.79. The van der Waals surface area contributed by atoms with Crippen molar-refractivity contribution in [2.45, 2.75) is 93.3 Å². The van der Waals surface area contributed by atoms with E-state index in [4.69, 9.17) is 49.1 Å². The lowest BCUT2D eigenvalue weighted by Gasteiger charge is -2.31. The van der Waals surface area contributed by atoms with E-state index in [0.29, 0.717) is 45.6 Å². The minimum atomic E-state index is -4.35. The highest BCUT2D eigenvalue weighted by Gasteiger charge is 2.32. The van der Waals surface area contributed by atoms with Gasteiger partial charge >= 0.3 is 5.97 Å². The summed E-state index contributed by atoms with van der Waals surface area (Å²) in [6, 6.07) is 8.80. The first-order valence-electron chi connectivity index (χ1n) is 23.1. The molecular formula is C48H71Cl2FN11O9PS2. The van der Waals surface area contributed by atoms with Crippen LogP contribution < -0.4 is 40.2 Å². The molecule has 2 unspecified atom stereocenters. The number of aliphatic carboxylic acids is 1. The van der Waals surface area contributed by atoms with Crippen molar-refractivity contribution in [1.82, 2.24) is 29.2 Å². The van der Waals surface area contributed by atoms with Gasteiger partial charge in [0, 0.05) is 49.8 Å². The third-order valence-corrected chi connectivity index (χ3v) is 11.4. The number of alkyl halides is 1. The summed E-state index contributed by atoms with van der Waals surface area (Å²) in [5, 5.41) is 16.3. The Morgan fingerprint density at radius 2 is 1.84 bits per heavy atom. The highest BCUT2D eigenvalue weighted by atomic mass is 35.5. The number of halogens is 3. The van der Waals surface area contributed by atoms with Crippen LogP contribution in [0.3, 0.4) is 0 Å². The van der Waals surface area contributed by atoms with Gasteiger partial charge in [-0.1, -0.05) is 44.9 Å². The molecule has 0 spiro atoms. The van der Waals surface area contributed by atoms with Crippen LogP contribution in [-0.2, 0) is 54.0 Å². The molecule has 2 aromatic carbocycles. The Labute approximate surface area is 451 Å². The normalized spacial score (nSPS) is 14.5. The van der Waals surface area contributed by atoms with E-state index in [1.165, 1.54) is 28.6 Å². The molecule has 74 heavy (non-hydrogen) atoms. The van der Waals surface area contributed by atoms with E-state index in [-0.39, 0.29) is 58.8 Å². The van der Waals surface area contributed by atoms with Crippen molar-refractivity contribution < 1.29 is 47.7 Å². The Balaban J connectivity index is 0.000000347. The lowest BCUT2D eigenvalue weighted by molar-refractivity contribution is -0.193. The number of rotatable bonds is 15. The Kier molecular flexibility index (Phi) is 27.0. The van der Waals surface area contributed by atoms with Crippen molar-refractivity contribution in [3.8, 4) is 18.1 Å². The second-order valence-corrected chi connectivity index (χ2v) is 24.2. The molecule has 2 aliphatic rings. The summed E-state index contributed by atoms with van der Waals surface area (Å²) < 4.78 is 41.4. The van der Waals surface area contributed by atoms with E-state index < -0.39 is 32.2 Å². The number of anilines is 4. The average molecular weight is 1130 g/mol. The van der Waals surface area contributed by atoms with E-state index in [9.17, 15) is 28.2 Å². The summed E-state index contributed by atoms with van der Waals surface area (Å²) in [5.74, 6) is 2.61. The number of carboxylic acid groups (broad SMARTS) is 1. The number of methoxy groups -OCH3 is 1. The van der Waals surface area contributed by atoms with Crippen molar-refractivity contribution in [1.29, 1.82) is 0 Å². The Morgan fingerprint density at radius 1 is 1.19 bits per heavy atom. The molecule has 2 atom stereocenters. The quantitative estimate of drug-likeness (QED) is 0.0382. The predicted octanol–water partition coefficient (Wildman–Crippen LogP) is 6.25. The summed E-state index contributed by atoms with van der Waals surface area (Å²) >= 11 is 12.8. The van der Waals surface area contributed by atoms with Crippen molar-refractivity contribution in [2.75, 3.05) is 91.3 Å². The Morgan fingerprint density at radius 3 is 2.39 bits per heavy atom. The van der Waals surface area contributed by atoms with Crippen LogP contribution in [0.2, 0.25) is 5.28 Å². The first-order chi connectivity index (χ1) is 34.5. The molecule has 26 heteroatoms. The van der Waals surface area contributed by atoms with Crippen molar-refractivity contribution >= 4 is 100.0 Å². The van der Waals surface area contributed by atoms with Crippen LogP contribution in [0.4, 0.5) is 33.3 Å². The maximum atomic E-state index is 14.5. The summed E-state index contributed by atoms with van der Waals surface area (Å²) in [4.78, 5) is 72.4. The van der Waals surface area contributed by atoms with Crippen molar-refractivity contribution in [2.24, 2.45) is 10.4 Å². The minimum Gasteiger partial charge on any atom is -0.778 e. The number of benzene rings is 2. The van der Waals surface area contributed by atoms with E-state index in [0.717, 1.165) is 48.6 Å². The van der Waals surface area contributed by atoms with E-state index >= 15 is 0 Å². The first kappa shape index (κ1) is 65.2. The van der Waals surface area contributed by atoms with Gasteiger partial charge in [0.2, 0.25) is 27.9 Å². The van der Waals surface area contributed by atoms with Crippen LogP contribution in [-0.4, -0.2) is 134 Å². The van der Waals surface area contributed by atoms with Gasteiger partial charge in [0.1, 0.15) is 30.7 Å². The molecule has 2 amide bonds. The standard InChI is InChI=1S/C18H17FN4O2S.C15H22ClNO2.C9H16ClN5.C3H8NO5P.C3H9S/c1-4-5-22-13-7-12(11(19)6-14(13)25-9-16(22)24)20-17-23-10-18(2,3)8-15(23)21-26-17;1-5-13-8-6-7-11(2)15(13)17(14(18)9-16)12(3)10-19-4;1-5-11-7-12-6(10)13-8(14-7)15-9(2,3)4;5-3(6)1-4-2-10(7,8)9;1-4(2)3/h1,6-7H,5,8-10H2,2-3H3;6-8,12H,5,9-10H2,1-4H3;5H2,1-4H3,(H2,11,12,13,14,15);4H,1-2H2,(H,5,6)(H2,7,8,9);1-3H3/q;;;;+1/p-1. The maximum absolute atomic E-state index is 14.5. The maximum Gasteiger partial charge on any atom is 0.317 e. The number of carboxylic acids is 1. The van der Waals surface area contributed by atoms with Gasteiger partial charge in [0.15, 0.2) is 12.4 Å². The molecule has 5 N–H and O–H groups in total. The molecule has 0 radical (unpaired) electrons. The van der Waals surface area contributed by atoms with Crippen LogP contribution in [0, 0.1) is 30.5 Å². The number of para-hydroxylation sites is 1. The number of aromatic nitrogens is 5. The lowest BCUT2D eigenvalue weighted by Crippen LogP contribution is -2.43. The number of hydrogen-bond acceptors (Lipinski definition) is 16. The number of nitrogens with zero attached hydrogens (tertiary/aromatic N) is 8. The fraction of sp³-hybridized carbons (Fsp3) is 0.542. The van der Waals surface area contributed by atoms with Gasteiger partial charge in [-0.2, -0.15) is 19.3 Å². The Hall–Kier alpha value is -4.89. The second kappa shape index (κ2) is 30.6. The fourth-order valence-corrected chi connectivity index (χ4v) is 8.29. The van der Waals surface area contributed by atoms with E-state index in [1.54, 1.807) is 12.0 Å². The number of ether oxygens (including phenoxy) is 2. The molecule has 4 heterocycles. The summed E-state index contributed by atoms with van der Waals surface area (Å²) in [7, 11) is -2.07. The van der Waals surface area contributed by atoms with E-state index in [2.05, 4.69) is 86.5 Å². The largest absolute Gasteiger partial charge is 0.778 e. The summed E-state index contributed by atoms with van der Waals surface area (Å²) in [5.41, 5.74) is 3.79. The van der Waals surface area contributed by atoms with Gasteiger partial charge in [-0.25, -0.2) is 9.38 Å². The number of amides is 2. The molecule has 0 aliphatic carbocycles. The van der Waals surface area contributed by atoms with Gasteiger partial charge in [0.25, 0.3) is 5.91 Å². The van der Waals surface area contributed by atoms with Crippen LogP contribution in [0.15, 0.2) is 35.3 Å². The van der Waals surface area contributed by atoms with Crippen molar-refractivity contribution in [3.63, 3.8) is 0 Å². The molecule has 20 nitrogen and oxygen atoms in total. The SMILES string of the molecule is C#CCN1C(=O)COc2cc(F)c(N=c3snc4n3CC(C)(C)C4)cc21.CCNc1nc(Cl)nc(NC(C)(C)C)n1.CCc1cccc(C)c1N(C(=O)CCl)C(C)COC.C[S+](C)C.O=C(O)CNCP(=O)([O-])O. The van der Waals surface area contributed by atoms with Gasteiger partial charge in [-0.15, -0.1) is 18.0 Å². The number of hydrogen-bond donors (Lipinski definition) is 5. The first-order valence-corrected chi connectivity index (χ1v) is 29.0. The zero-order valence-electron chi connectivity index (χ0n) is 44.3. The number of fused-ring (bicyclic) bond motifs is 2. The zero-order chi connectivity index (χ0) is 56.1. The van der Waals surface area contributed by atoms with E-state index in [1.807, 2.05) is 63.6 Å². The molecule has 2 aromatic heterocycles. The Bertz CT molecular complexity index is 2660. The number of aryl methyl sites for hydroxylation is 2. The molecular weight excluding hydrogens is 1060 g/mol. The monoisotopic (exact) mass is 1130 g/mol. The highest BCUT2D eigenvalue weighted by Crippen LogP contribution is 2.38. The topological polar surface area (TPSA) is 262 Å². The molecule has 0 fully saturated rings. The zero-order valence-corrected chi connectivity index (χ0v) is 48.4. The third kappa shape index (κ3) is 22.5. The molecule has 4 aromatic rings.